The van der Waals surface area contributed by atoms with Crippen molar-refractivity contribution < 1.29 is 9.32 Å². The van der Waals surface area contributed by atoms with E-state index in [1.54, 1.807) is 0 Å². The average molecular weight is 65.0 g/mol. The molecular weight excluding hydrogens is 61.0 g/mol. The highest BCUT2D eigenvalue weighted by Crippen LogP contribution is 1.43. The molecule has 0 aliphatic rings. The maximum Gasteiger partial charge on any atom is 0.0601 e. The van der Waals surface area contributed by atoms with Crippen LogP contribution in [0.25, 0.3) is 0 Å². The van der Waals surface area contributed by atoms with Gasteiger partial charge < -0.3 is 0 Å². The largest absolute Gasteiger partial charge is 0.276 e. The second-order valence-corrected chi connectivity index (χ2v) is 0.281. The van der Waals surface area contributed by atoms with E-state index in [0.717, 1.165) is 5.70 Å². The predicted molar refractivity (Wildman–Crippen MR) is 11.3 cm³/mol. The fourth-order valence-electron chi connectivity index (χ4n) is 0. The first-order valence-electron chi connectivity index (χ1n) is 0.801. The Hall–Kier alpha value is -0.150. The van der Waals surface area contributed by atoms with Crippen LogP contribution in [0.1, 0.15) is 0 Å². The summed E-state index contributed by atoms with van der Waals surface area (Å²) >= 11 is 0. The summed E-state index contributed by atoms with van der Waals surface area (Å²) in [6.45, 7) is 0. The number of hydrogen-bond acceptors (Lipinski definition) is 2. The Labute approximate surface area is 23.5 Å². The minimum absolute atomic E-state index is 0.931. The van der Waals surface area contributed by atoms with E-state index in [9.17, 15) is 4.48 Å². The lowest BCUT2D eigenvalue weighted by molar-refractivity contribution is -0.0291. The van der Waals surface area contributed by atoms with Crippen LogP contribution in [0.4, 0.5) is 4.48 Å². The molecule has 0 radical (unpaired) electrons. The minimum atomic E-state index is 0.931. The van der Waals surface area contributed by atoms with Crippen LogP contribution < -0.4 is 5.70 Å². The molecule has 0 aromatic carbocycles. The number of hydrogen-bond donors (Lipinski definition) is 1. The van der Waals surface area contributed by atoms with Crippen molar-refractivity contribution in [2.45, 2.75) is 0 Å². The van der Waals surface area contributed by atoms with E-state index in [1.807, 2.05) is 0 Å². The molecule has 0 aromatic heterocycles. The van der Waals surface area contributed by atoms with Crippen LogP contribution in [0.5, 0.6) is 0 Å². The van der Waals surface area contributed by atoms with Crippen LogP contribution in [0.3, 0.4) is 0 Å². The molecule has 26 valence electrons. The second-order valence-electron chi connectivity index (χ2n) is 0.281. The van der Waals surface area contributed by atoms with E-state index in [-0.39, 0.29) is 0 Å². The molecule has 0 amide bonds. The molecule has 0 saturated heterocycles. The third-order valence-electron chi connectivity index (χ3n) is 0.0772. The molecule has 0 saturated carbocycles. The Kier molecular flexibility index (Phi) is 2.74. The Morgan fingerprint density at radius 2 is 2.25 bits per heavy atom. The molecule has 1 N–H and O–H groups in total. The molecule has 0 fully saturated rings. The molecule has 0 atom stereocenters. The van der Waals surface area contributed by atoms with Gasteiger partial charge in [-0.1, -0.05) is 0 Å². The van der Waals surface area contributed by atoms with E-state index >= 15 is 0 Å². The zero-order chi connectivity index (χ0) is 3.41. The summed E-state index contributed by atoms with van der Waals surface area (Å²) in [5.41, 5.74) is 0.931. The summed E-state index contributed by atoms with van der Waals surface area (Å²) in [5, 5.41) is 0. The summed E-state index contributed by atoms with van der Waals surface area (Å²) in [4.78, 5) is 3.62. The molecule has 0 heterocycles. The molecule has 0 spiro atoms. The lowest BCUT2D eigenvalue weighted by Crippen LogP contribution is -1.92. The van der Waals surface area contributed by atoms with Crippen LogP contribution >= 0.6 is 0 Å². The molecule has 0 aromatic rings. The van der Waals surface area contributed by atoms with Gasteiger partial charge in [0.25, 0.3) is 0 Å². The molecule has 0 rings (SSSR count). The third-order valence-corrected chi connectivity index (χ3v) is 0.0772. The van der Waals surface area contributed by atoms with Crippen molar-refractivity contribution >= 4 is 0 Å². The van der Waals surface area contributed by atoms with Crippen LogP contribution in [-0.4, -0.2) is 7.11 Å². The Morgan fingerprint density at radius 3 is 2.25 bits per heavy atom. The van der Waals surface area contributed by atoms with Gasteiger partial charge >= 0.3 is 0 Å². The topological polar surface area (TPSA) is 21.3 Å². The third kappa shape index (κ3) is 1.85. The van der Waals surface area contributed by atoms with Gasteiger partial charge in [-0.15, -0.1) is 4.48 Å². The van der Waals surface area contributed by atoms with Crippen LogP contribution in [0, 0.1) is 0 Å². The van der Waals surface area contributed by atoms with E-state index in [2.05, 4.69) is 4.84 Å². The molecule has 0 aliphatic heterocycles. The van der Waals surface area contributed by atoms with Crippen molar-refractivity contribution in [2.24, 2.45) is 0 Å². The minimum Gasteiger partial charge on any atom is -0.276 e. The van der Waals surface area contributed by atoms with Gasteiger partial charge in [0, 0.05) is 0 Å². The van der Waals surface area contributed by atoms with Crippen molar-refractivity contribution in [3.63, 3.8) is 0 Å². The summed E-state index contributed by atoms with van der Waals surface area (Å²) in [6, 6.07) is 0. The average Bonchev–Trinajstić information content (AvgIpc) is 1.37. The van der Waals surface area contributed by atoms with Gasteiger partial charge in [-0.25, -0.2) is 0 Å². The lowest BCUT2D eigenvalue weighted by atomic mass is 11.7. The zero-order valence-corrected chi connectivity index (χ0v) is 2.29. The summed E-state index contributed by atoms with van der Waals surface area (Å²) < 4.78 is 10.2. The summed E-state index contributed by atoms with van der Waals surface area (Å²) in [5.74, 6) is 0. The molecule has 3 heteroatoms. The molecule has 2 nitrogen and oxygen atoms in total. The van der Waals surface area contributed by atoms with E-state index in [0.29, 0.717) is 0 Å². The van der Waals surface area contributed by atoms with E-state index in [1.165, 1.54) is 7.11 Å². The van der Waals surface area contributed by atoms with Crippen molar-refractivity contribution in [1.29, 1.82) is 0 Å². The fourth-order valence-corrected chi connectivity index (χ4v) is 0. The number of rotatable bonds is 1. The molecule has 0 aliphatic carbocycles. The van der Waals surface area contributed by atoms with Gasteiger partial charge in [-0.2, -0.15) is 0 Å². The first-order valence-corrected chi connectivity index (χ1v) is 0.801. The lowest BCUT2D eigenvalue weighted by Gasteiger charge is -1.74. The highest BCUT2D eigenvalue weighted by atomic mass is 19.2. The maximum atomic E-state index is 10.2. The first-order chi connectivity index (χ1) is 1.91. The standard InChI is InChI=1S/CH4FNO/c1-4-3-2/h3H,1H3. The smallest absolute Gasteiger partial charge is 0.0601 e. The molecule has 0 bridgehead atoms. The zero-order valence-electron chi connectivity index (χ0n) is 2.29. The van der Waals surface area contributed by atoms with Crippen LogP contribution in [0.2, 0.25) is 0 Å². The van der Waals surface area contributed by atoms with Crippen molar-refractivity contribution in [3.8, 4) is 0 Å². The molecule has 0 unspecified atom stereocenters. The number of nitrogens with one attached hydrogen (secondary N) is 1. The Morgan fingerprint density at radius 1 is 2.00 bits per heavy atom. The summed E-state index contributed by atoms with van der Waals surface area (Å²) in [6.07, 6.45) is 0. The van der Waals surface area contributed by atoms with Crippen molar-refractivity contribution in [3.05, 3.63) is 0 Å². The highest BCUT2D eigenvalue weighted by Gasteiger charge is 1.51. The van der Waals surface area contributed by atoms with Crippen LogP contribution in [-0.2, 0) is 4.84 Å². The Bertz CT molecular complexity index is 10.0. The van der Waals surface area contributed by atoms with Gasteiger partial charge in [0.2, 0.25) is 0 Å². The molecule has 4 heavy (non-hydrogen) atoms. The second kappa shape index (κ2) is 2.85. The molecular formula is CH4FNO. The SMILES string of the molecule is CONF. The number of halogens is 1. The van der Waals surface area contributed by atoms with Crippen LogP contribution in [0.15, 0.2) is 0 Å². The van der Waals surface area contributed by atoms with Crippen molar-refractivity contribution in [1.82, 2.24) is 5.70 Å². The quantitative estimate of drug-likeness (QED) is 0.343. The normalized spacial score (nSPS) is 7.50. The first kappa shape index (κ1) is 3.85. The van der Waals surface area contributed by atoms with Gasteiger partial charge in [0.05, 0.1) is 7.11 Å². The van der Waals surface area contributed by atoms with Gasteiger partial charge in [0.1, 0.15) is 0 Å². The van der Waals surface area contributed by atoms with E-state index < -0.39 is 0 Å². The van der Waals surface area contributed by atoms with Gasteiger partial charge in [0.15, 0.2) is 0 Å². The van der Waals surface area contributed by atoms with E-state index in [4.69, 9.17) is 0 Å². The van der Waals surface area contributed by atoms with Crippen molar-refractivity contribution in [2.75, 3.05) is 7.11 Å². The summed E-state index contributed by atoms with van der Waals surface area (Å²) in [7, 11) is 1.19. The fraction of sp³-hybridized carbons (Fsp3) is 1.00. The Balaban J connectivity index is 1.97. The predicted octanol–water partition coefficient (Wildman–Crippen LogP) is 0.0219. The van der Waals surface area contributed by atoms with Gasteiger partial charge in [-0.05, 0) is 5.70 Å². The van der Waals surface area contributed by atoms with Gasteiger partial charge in [-0.3, -0.25) is 4.84 Å². The maximum absolute atomic E-state index is 10.2. The monoisotopic (exact) mass is 65.0 g/mol. The highest BCUT2D eigenvalue weighted by molar-refractivity contribution is 3.51.